The summed E-state index contributed by atoms with van der Waals surface area (Å²) in [6.45, 7) is 1.44. The van der Waals surface area contributed by atoms with Crippen LogP contribution in [-0.2, 0) is 14.4 Å². The lowest BCUT2D eigenvalue weighted by Crippen LogP contribution is -2.67. The van der Waals surface area contributed by atoms with Crippen LogP contribution in [0.15, 0.2) is 0 Å². The van der Waals surface area contributed by atoms with Crippen LogP contribution in [0.5, 0.6) is 0 Å². The van der Waals surface area contributed by atoms with E-state index in [1.54, 1.807) is 4.90 Å². The van der Waals surface area contributed by atoms with E-state index in [0.29, 0.717) is 18.9 Å². The number of carbonyl (C=O) groups excluding carboxylic acids is 3. The van der Waals surface area contributed by atoms with Crippen LogP contribution >= 0.6 is 0 Å². The Morgan fingerprint density at radius 3 is 2.57 bits per heavy atom. The molecule has 4 atom stereocenters. The minimum Gasteiger partial charge on any atom is -0.352 e. The molecule has 0 bridgehead atoms. The predicted octanol–water partition coefficient (Wildman–Crippen LogP) is 1.07. The molecule has 4 rings (SSSR count). The molecule has 3 N–H and O–H groups in total. The molecule has 4 fully saturated rings. The fourth-order valence-corrected chi connectivity index (χ4v) is 5.43. The maximum Gasteiger partial charge on any atom is 0.245 e. The van der Waals surface area contributed by atoms with Gasteiger partial charge in [0.15, 0.2) is 0 Å². The first-order chi connectivity index (χ1) is 13.6. The second-order valence-corrected chi connectivity index (χ2v) is 9.08. The van der Waals surface area contributed by atoms with Crippen LogP contribution in [0.1, 0.15) is 70.6 Å². The number of piperidine rings is 2. The van der Waals surface area contributed by atoms with Crippen LogP contribution in [0.3, 0.4) is 0 Å². The molecule has 7 nitrogen and oxygen atoms in total. The molecule has 1 saturated carbocycles. The van der Waals surface area contributed by atoms with Crippen LogP contribution in [0.2, 0.25) is 0 Å². The van der Waals surface area contributed by atoms with Crippen molar-refractivity contribution in [2.45, 2.75) is 94.8 Å². The van der Waals surface area contributed by atoms with Crippen LogP contribution < -0.4 is 16.0 Å². The van der Waals surface area contributed by atoms with E-state index < -0.39 is 6.04 Å². The Hall–Kier alpha value is -1.63. The average molecular weight is 391 g/mol. The maximum absolute atomic E-state index is 13.0. The molecule has 0 spiro atoms. The number of fused-ring (bicyclic) bond motifs is 1. The summed E-state index contributed by atoms with van der Waals surface area (Å²) in [6.07, 6.45) is 11.2. The highest BCUT2D eigenvalue weighted by atomic mass is 16.2. The van der Waals surface area contributed by atoms with E-state index in [-0.39, 0.29) is 35.8 Å². The Labute approximate surface area is 167 Å². The molecule has 3 amide bonds. The van der Waals surface area contributed by atoms with Crippen LogP contribution in [-0.4, -0.2) is 59.9 Å². The van der Waals surface area contributed by atoms with Crippen molar-refractivity contribution in [1.82, 2.24) is 20.9 Å². The van der Waals surface area contributed by atoms with Gasteiger partial charge in [0.05, 0.1) is 6.04 Å². The molecule has 3 saturated heterocycles. The summed E-state index contributed by atoms with van der Waals surface area (Å²) >= 11 is 0. The second kappa shape index (κ2) is 8.80. The summed E-state index contributed by atoms with van der Waals surface area (Å²) in [5.74, 6) is 0.624. The Bertz CT molecular complexity index is 598. The lowest BCUT2D eigenvalue weighted by atomic mass is 9.83. The third-order valence-corrected chi connectivity index (χ3v) is 7.07. The first kappa shape index (κ1) is 19.7. The van der Waals surface area contributed by atoms with Gasteiger partial charge >= 0.3 is 0 Å². The number of piperazine rings is 1. The number of hydrogen-bond donors (Lipinski definition) is 3. The first-order valence-electron chi connectivity index (χ1n) is 11.3. The van der Waals surface area contributed by atoms with Crippen molar-refractivity contribution in [3.8, 4) is 0 Å². The van der Waals surface area contributed by atoms with Gasteiger partial charge in [-0.05, 0) is 44.6 Å². The summed E-state index contributed by atoms with van der Waals surface area (Å²) in [4.78, 5) is 40.0. The van der Waals surface area contributed by atoms with Crippen molar-refractivity contribution in [2.24, 2.45) is 5.92 Å². The number of amides is 3. The summed E-state index contributed by atoms with van der Waals surface area (Å²) in [7, 11) is 0. The summed E-state index contributed by atoms with van der Waals surface area (Å²) in [5, 5.41) is 9.38. The zero-order chi connectivity index (χ0) is 19.5. The molecular weight excluding hydrogens is 356 g/mol. The normalized spacial score (nSPS) is 34.5. The van der Waals surface area contributed by atoms with E-state index in [1.165, 1.54) is 32.1 Å². The second-order valence-electron chi connectivity index (χ2n) is 9.08. The summed E-state index contributed by atoms with van der Waals surface area (Å²) in [5.41, 5.74) is 0. The highest BCUT2D eigenvalue weighted by Gasteiger charge is 2.44. The van der Waals surface area contributed by atoms with Gasteiger partial charge in [0.2, 0.25) is 17.7 Å². The SMILES string of the molecule is O=C(NC1CCN2C(=O)C(CC3CCCCC3)NC(=O)C2C1)C1CCCCN1. The van der Waals surface area contributed by atoms with Gasteiger partial charge in [-0.25, -0.2) is 0 Å². The molecule has 3 aliphatic heterocycles. The molecule has 0 aromatic heterocycles. The van der Waals surface area contributed by atoms with Gasteiger partial charge in [0.1, 0.15) is 12.1 Å². The Morgan fingerprint density at radius 2 is 1.82 bits per heavy atom. The lowest BCUT2D eigenvalue weighted by molar-refractivity contribution is -0.152. The minimum absolute atomic E-state index is 0.0362. The van der Waals surface area contributed by atoms with Crippen molar-refractivity contribution >= 4 is 17.7 Å². The van der Waals surface area contributed by atoms with E-state index >= 15 is 0 Å². The fraction of sp³-hybridized carbons (Fsp3) is 0.857. The smallest absolute Gasteiger partial charge is 0.245 e. The molecule has 28 heavy (non-hydrogen) atoms. The van der Waals surface area contributed by atoms with Crippen LogP contribution in [0.4, 0.5) is 0 Å². The number of carbonyl (C=O) groups is 3. The average Bonchev–Trinajstić information content (AvgIpc) is 2.73. The van der Waals surface area contributed by atoms with Crippen molar-refractivity contribution in [3.05, 3.63) is 0 Å². The van der Waals surface area contributed by atoms with Gasteiger partial charge in [-0.15, -0.1) is 0 Å². The standard InChI is InChI=1S/C21H34N4O3/c26-19(16-8-4-5-10-22-16)23-15-9-11-25-18(13-15)20(27)24-17(21(25)28)12-14-6-2-1-3-7-14/h14-18,22H,1-13H2,(H,23,26)(H,24,27). The number of rotatable bonds is 4. The van der Waals surface area contributed by atoms with Crippen LogP contribution in [0, 0.1) is 5.92 Å². The lowest BCUT2D eigenvalue weighted by Gasteiger charge is -2.45. The van der Waals surface area contributed by atoms with Gasteiger partial charge in [-0.3, -0.25) is 14.4 Å². The van der Waals surface area contributed by atoms with Gasteiger partial charge in [-0.1, -0.05) is 38.5 Å². The Morgan fingerprint density at radius 1 is 1.04 bits per heavy atom. The third kappa shape index (κ3) is 4.34. The van der Waals surface area contributed by atoms with Crippen molar-refractivity contribution in [3.63, 3.8) is 0 Å². The van der Waals surface area contributed by atoms with E-state index in [0.717, 1.165) is 38.6 Å². The van der Waals surface area contributed by atoms with E-state index in [4.69, 9.17) is 0 Å². The van der Waals surface area contributed by atoms with Crippen molar-refractivity contribution < 1.29 is 14.4 Å². The zero-order valence-corrected chi connectivity index (χ0v) is 16.8. The molecule has 0 aromatic carbocycles. The topological polar surface area (TPSA) is 90.5 Å². The van der Waals surface area contributed by atoms with E-state index in [9.17, 15) is 14.4 Å². The fourth-order valence-electron chi connectivity index (χ4n) is 5.43. The van der Waals surface area contributed by atoms with Crippen molar-refractivity contribution in [1.29, 1.82) is 0 Å². The summed E-state index contributed by atoms with van der Waals surface area (Å²) < 4.78 is 0. The number of nitrogens with one attached hydrogen (secondary N) is 3. The molecular formula is C21H34N4O3. The first-order valence-corrected chi connectivity index (χ1v) is 11.3. The molecule has 156 valence electrons. The summed E-state index contributed by atoms with van der Waals surface area (Å²) in [6, 6.07) is -0.947. The quantitative estimate of drug-likeness (QED) is 0.670. The highest BCUT2D eigenvalue weighted by Crippen LogP contribution is 2.30. The number of nitrogens with zero attached hydrogens (tertiary/aromatic N) is 1. The van der Waals surface area contributed by atoms with Crippen molar-refractivity contribution in [2.75, 3.05) is 13.1 Å². The van der Waals surface area contributed by atoms with E-state index in [1.807, 2.05) is 0 Å². The molecule has 4 unspecified atom stereocenters. The van der Waals surface area contributed by atoms with Gasteiger partial charge in [-0.2, -0.15) is 0 Å². The Kier molecular flexibility index (Phi) is 6.19. The highest BCUT2D eigenvalue weighted by molar-refractivity contribution is 5.97. The zero-order valence-electron chi connectivity index (χ0n) is 16.8. The monoisotopic (exact) mass is 390 g/mol. The van der Waals surface area contributed by atoms with Gasteiger partial charge in [0, 0.05) is 12.6 Å². The number of hydrogen-bond acceptors (Lipinski definition) is 4. The largest absolute Gasteiger partial charge is 0.352 e. The molecule has 0 aromatic rings. The van der Waals surface area contributed by atoms with Gasteiger partial charge < -0.3 is 20.9 Å². The van der Waals surface area contributed by atoms with E-state index in [2.05, 4.69) is 16.0 Å². The Balaban J connectivity index is 1.31. The molecule has 3 heterocycles. The maximum atomic E-state index is 13.0. The predicted molar refractivity (Wildman–Crippen MR) is 105 cm³/mol. The van der Waals surface area contributed by atoms with Crippen LogP contribution in [0.25, 0.3) is 0 Å². The molecule has 0 radical (unpaired) electrons. The minimum atomic E-state index is -0.437. The molecule has 7 heteroatoms. The third-order valence-electron chi connectivity index (χ3n) is 7.07. The molecule has 4 aliphatic rings. The van der Waals surface area contributed by atoms with Gasteiger partial charge in [0.25, 0.3) is 0 Å². The molecule has 1 aliphatic carbocycles.